The fourth-order valence-electron chi connectivity index (χ4n) is 1.44. The first-order valence-corrected chi connectivity index (χ1v) is 4.17. The molecule has 2 rings (SSSR count). The number of rotatable bonds is 1. The van der Waals surface area contributed by atoms with E-state index < -0.39 is 0 Å². The van der Waals surface area contributed by atoms with Gasteiger partial charge in [-0.1, -0.05) is 6.07 Å². The Morgan fingerprint density at radius 2 is 2.31 bits per heavy atom. The SMILES string of the molecule is COc1ccc2c(c1)C=CNC2N. The van der Waals surface area contributed by atoms with Gasteiger partial charge in [-0.15, -0.1) is 0 Å². The van der Waals surface area contributed by atoms with Gasteiger partial charge in [-0.3, -0.25) is 0 Å². The second-order valence-corrected chi connectivity index (χ2v) is 2.97. The van der Waals surface area contributed by atoms with E-state index in [1.807, 2.05) is 30.5 Å². The number of hydrogen-bond donors (Lipinski definition) is 2. The van der Waals surface area contributed by atoms with Crippen LogP contribution in [-0.2, 0) is 0 Å². The van der Waals surface area contributed by atoms with Crippen molar-refractivity contribution in [3.63, 3.8) is 0 Å². The van der Waals surface area contributed by atoms with Crippen molar-refractivity contribution in [3.05, 3.63) is 35.5 Å². The van der Waals surface area contributed by atoms with Gasteiger partial charge in [0.05, 0.1) is 7.11 Å². The molecule has 3 heteroatoms. The third kappa shape index (κ3) is 1.38. The largest absolute Gasteiger partial charge is 0.497 e. The predicted octanol–water partition coefficient (Wildman–Crippen LogP) is 1.23. The lowest BCUT2D eigenvalue weighted by Crippen LogP contribution is -2.27. The van der Waals surface area contributed by atoms with Crippen LogP contribution < -0.4 is 15.8 Å². The second-order valence-electron chi connectivity index (χ2n) is 2.97. The van der Waals surface area contributed by atoms with E-state index in [-0.39, 0.29) is 6.17 Å². The molecule has 13 heavy (non-hydrogen) atoms. The van der Waals surface area contributed by atoms with E-state index in [1.54, 1.807) is 7.11 Å². The van der Waals surface area contributed by atoms with Gasteiger partial charge in [-0.25, -0.2) is 0 Å². The number of nitrogens with one attached hydrogen (secondary N) is 1. The Bertz CT molecular complexity index is 347. The van der Waals surface area contributed by atoms with Gasteiger partial charge in [-0.2, -0.15) is 0 Å². The van der Waals surface area contributed by atoms with E-state index in [0.717, 1.165) is 16.9 Å². The summed E-state index contributed by atoms with van der Waals surface area (Å²) in [7, 11) is 1.66. The summed E-state index contributed by atoms with van der Waals surface area (Å²) in [4.78, 5) is 0. The molecule has 0 saturated heterocycles. The van der Waals surface area contributed by atoms with Crippen molar-refractivity contribution in [2.75, 3.05) is 7.11 Å². The van der Waals surface area contributed by atoms with Gasteiger partial charge in [0.25, 0.3) is 0 Å². The summed E-state index contributed by atoms with van der Waals surface area (Å²) in [5.41, 5.74) is 8.05. The summed E-state index contributed by atoms with van der Waals surface area (Å²) in [6.07, 6.45) is 3.74. The molecule has 0 aromatic heterocycles. The van der Waals surface area contributed by atoms with Crippen LogP contribution in [0.15, 0.2) is 24.4 Å². The zero-order valence-electron chi connectivity index (χ0n) is 7.45. The number of benzene rings is 1. The highest BCUT2D eigenvalue weighted by Crippen LogP contribution is 2.24. The maximum Gasteiger partial charge on any atom is 0.119 e. The second kappa shape index (κ2) is 3.11. The Labute approximate surface area is 77.2 Å². The van der Waals surface area contributed by atoms with Gasteiger partial charge in [0, 0.05) is 0 Å². The Hall–Kier alpha value is -1.48. The zero-order chi connectivity index (χ0) is 9.26. The first-order valence-electron chi connectivity index (χ1n) is 4.17. The van der Waals surface area contributed by atoms with Gasteiger partial charge in [-0.05, 0) is 35.5 Å². The Morgan fingerprint density at radius 3 is 3.08 bits per heavy atom. The average molecular weight is 176 g/mol. The first kappa shape index (κ1) is 8.13. The van der Waals surface area contributed by atoms with Crippen molar-refractivity contribution in [1.29, 1.82) is 0 Å². The molecule has 1 aliphatic rings. The molecule has 68 valence electrons. The van der Waals surface area contributed by atoms with Crippen LogP contribution in [-0.4, -0.2) is 7.11 Å². The van der Waals surface area contributed by atoms with Crippen LogP contribution in [0.5, 0.6) is 5.75 Å². The molecule has 1 atom stereocenters. The normalized spacial score (nSPS) is 19.1. The lowest BCUT2D eigenvalue weighted by molar-refractivity contribution is 0.414. The molecule has 1 aromatic rings. The van der Waals surface area contributed by atoms with Crippen molar-refractivity contribution in [3.8, 4) is 5.75 Å². The molecule has 0 saturated carbocycles. The van der Waals surface area contributed by atoms with Gasteiger partial charge in [0.1, 0.15) is 11.9 Å². The van der Waals surface area contributed by atoms with E-state index in [0.29, 0.717) is 0 Å². The lowest BCUT2D eigenvalue weighted by Gasteiger charge is -2.19. The molecular weight excluding hydrogens is 164 g/mol. The molecule has 3 nitrogen and oxygen atoms in total. The summed E-state index contributed by atoms with van der Waals surface area (Å²) >= 11 is 0. The van der Waals surface area contributed by atoms with Crippen LogP contribution in [0.4, 0.5) is 0 Å². The first-order chi connectivity index (χ1) is 6.31. The predicted molar refractivity (Wildman–Crippen MR) is 52.1 cm³/mol. The minimum Gasteiger partial charge on any atom is -0.497 e. The third-order valence-corrected chi connectivity index (χ3v) is 2.17. The van der Waals surface area contributed by atoms with Crippen molar-refractivity contribution in [2.24, 2.45) is 5.73 Å². The summed E-state index contributed by atoms with van der Waals surface area (Å²) in [6, 6.07) is 5.88. The Balaban J connectivity index is 2.47. The average Bonchev–Trinajstić information content (AvgIpc) is 2.18. The quantitative estimate of drug-likeness (QED) is 0.676. The molecule has 0 aliphatic carbocycles. The van der Waals surface area contributed by atoms with Crippen LogP contribution >= 0.6 is 0 Å². The van der Waals surface area contributed by atoms with Gasteiger partial charge in [0.2, 0.25) is 0 Å². The molecule has 1 heterocycles. The Morgan fingerprint density at radius 1 is 1.46 bits per heavy atom. The number of hydrogen-bond acceptors (Lipinski definition) is 3. The fraction of sp³-hybridized carbons (Fsp3) is 0.200. The lowest BCUT2D eigenvalue weighted by atomic mass is 10.0. The molecule has 0 bridgehead atoms. The highest BCUT2D eigenvalue weighted by Gasteiger charge is 2.11. The molecule has 1 unspecified atom stereocenters. The van der Waals surface area contributed by atoms with Crippen LogP contribution in [0.3, 0.4) is 0 Å². The molecule has 0 radical (unpaired) electrons. The topological polar surface area (TPSA) is 47.3 Å². The highest BCUT2D eigenvalue weighted by molar-refractivity contribution is 5.59. The van der Waals surface area contributed by atoms with Crippen molar-refractivity contribution < 1.29 is 4.74 Å². The molecule has 1 aliphatic heterocycles. The smallest absolute Gasteiger partial charge is 0.119 e. The van der Waals surface area contributed by atoms with E-state index in [4.69, 9.17) is 10.5 Å². The number of fused-ring (bicyclic) bond motifs is 1. The maximum absolute atomic E-state index is 5.83. The van der Waals surface area contributed by atoms with Gasteiger partial charge in [0.15, 0.2) is 0 Å². The molecular formula is C10H12N2O. The summed E-state index contributed by atoms with van der Waals surface area (Å²) in [5.74, 6) is 0.859. The van der Waals surface area contributed by atoms with Crippen molar-refractivity contribution in [2.45, 2.75) is 6.17 Å². The van der Waals surface area contributed by atoms with Gasteiger partial charge < -0.3 is 15.8 Å². The van der Waals surface area contributed by atoms with Crippen molar-refractivity contribution in [1.82, 2.24) is 5.32 Å². The summed E-state index contributed by atoms with van der Waals surface area (Å²) < 4.78 is 5.12. The summed E-state index contributed by atoms with van der Waals surface area (Å²) in [6.45, 7) is 0. The molecule has 0 amide bonds. The molecule has 3 N–H and O–H groups in total. The fourth-order valence-corrected chi connectivity index (χ4v) is 1.44. The van der Waals surface area contributed by atoms with Crippen LogP contribution in [0.1, 0.15) is 17.3 Å². The third-order valence-electron chi connectivity index (χ3n) is 2.17. The highest BCUT2D eigenvalue weighted by atomic mass is 16.5. The van der Waals surface area contributed by atoms with E-state index >= 15 is 0 Å². The monoisotopic (exact) mass is 176 g/mol. The Kier molecular flexibility index (Phi) is 1.94. The number of methoxy groups -OCH3 is 1. The number of nitrogens with two attached hydrogens (primary N) is 1. The number of ether oxygens (including phenoxy) is 1. The van der Waals surface area contributed by atoms with E-state index in [9.17, 15) is 0 Å². The zero-order valence-corrected chi connectivity index (χ0v) is 7.45. The molecule has 0 spiro atoms. The van der Waals surface area contributed by atoms with Gasteiger partial charge >= 0.3 is 0 Å². The van der Waals surface area contributed by atoms with Crippen LogP contribution in [0, 0.1) is 0 Å². The van der Waals surface area contributed by atoms with E-state index in [2.05, 4.69) is 5.32 Å². The maximum atomic E-state index is 5.83. The molecule has 1 aromatic carbocycles. The van der Waals surface area contributed by atoms with Crippen molar-refractivity contribution >= 4 is 6.08 Å². The minimum atomic E-state index is -0.106. The molecule has 0 fully saturated rings. The van der Waals surface area contributed by atoms with Crippen LogP contribution in [0.25, 0.3) is 6.08 Å². The van der Waals surface area contributed by atoms with E-state index in [1.165, 1.54) is 0 Å². The summed E-state index contributed by atoms with van der Waals surface area (Å²) in [5, 5.41) is 3.03. The minimum absolute atomic E-state index is 0.106. The van der Waals surface area contributed by atoms with Crippen LogP contribution in [0.2, 0.25) is 0 Å². The standard InChI is InChI=1S/C10H12N2O/c1-13-8-2-3-9-7(6-8)4-5-12-10(9)11/h2-6,10,12H,11H2,1H3.